The molecule has 0 saturated heterocycles. The topological polar surface area (TPSA) is 23.5 Å². The number of hydrogen-bond donors (Lipinski definition) is 1. The Morgan fingerprint density at radius 2 is 2.00 bits per heavy atom. The number of rotatable bonds is 2. The highest BCUT2D eigenvalue weighted by Crippen LogP contribution is 2.65. The Morgan fingerprint density at radius 1 is 1.36 bits per heavy atom. The van der Waals surface area contributed by atoms with Crippen molar-refractivity contribution in [1.82, 2.24) is 4.90 Å². The number of fused-ring (bicyclic) bond motifs is 2. The van der Waals surface area contributed by atoms with E-state index >= 15 is 0 Å². The highest BCUT2D eigenvalue weighted by molar-refractivity contribution is 5.13. The van der Waals surface area contributed by atoms with Crippen LogP contribution in [0.4, 0.5) is 0 Å². The van der Waals surface area contributed by atoms with Gasteiger partial charge in [-0.2, -0.15) is 0 Å². The SMILES string of the molecule is CN(C)CC12CCC(CC1O)C2(C)C. The summed E-state index contributed by atoms with van der Waals surface area (Å²) in [6.07, 6.45) is 3.49. The van der Waals surface area contributed by atoms with Crippen LogP contribution in [0.5, 0.6) is 0 Å². The molecule has 2 nitrogen and oxygen atoms in total. The fraction of sp³-hybridized carbons (Fsp3) is 1.00. The summed E-state index contributed by atoms with van der Waals surface area (Å²) in [6, 6.07) is 0. The summed E-state index contributed by atoms with van der Waals surface area (Å²) in [5.74, 6) is 0.748. The predicted molar refractivity (Wildman–Crippen MR) is 58.1 cm³/mol. The van der Waals surface area contributed by atoms with Gasteiger partial charge < -0.3 is 10.0 Å². The first kappa shape index (κ1) is 10.4. The highest BCUT2D eigenvalue weighted by atomic mass is 16.3. The summed E-state index contributed by atoms with van der Waals surface area (Å²) in [7, 11) is 4.23. The van der Waals surface area contributed by atoms with Crippen LogP contribution in [-0.4, -0.2) is 36.8 Å². The molecule has 0 aromatic carbocycles. The van der Waals surface area contributed by atoms with Gasteiger partial charge in [0, 0.05) is 12.0 Å². The fourth-order valence-electron chi connectivity index (χ4n) is 3.98. The van der Waals surface area contributed by atoms with Gasteiger partial charge in [0.25, 0.3) is 0 Å². The molecule has 3 atom stereocenters. The van der Waals surface area contributed by atoms with Gasteiger partial charge in [-0.15, -0.1) is 0 Å². The zero-order chi connectivity index (χ0) is 10.6. The largest absolute Gasteiger partial charge is 0.392 e. The lowest BCUT2D eigenvalue weighted by Crippen LogP contribution is -2.46. The first-order valence-electron chi connectivity index (χ1n) is 5.73. The van der Waals surface area contributed by atoms with Gasteiger partial charge >= 0.3 is 0 Å². The van der Waals surface area contributed by atoms with Crippen molar-refractivity contribution in [3.05, 3.63) is 0 Å². The van der Waals surface area contributed by atoms with Crippen LogP contribution in [-0.2, 0) is 0 Å². The van der Waals surface area contributed by atoms with Crippen molar-refractivity contribution >= 4 is 0 Å². The summed E-state index contributed by atoms with van der Waals surface area (Å²) in [4.78, 5) is 2.23. The molecule has 2 fully saturated rings. The molecule has 2 aliphatic rings. The van der Waals surface area contributed by atoms with Crippen molar-refractivity contribution in [2.24, 2.45) is 16.7 Å². The van der Waals surface area contributed by atoms with Crippen molar-refractivity contribution < 1.29 is 5.11 Å². The van der Waals surface area contributed by atoms with E-state index in [1.807, 2.05) is 0 Å². The van der Waals surface area contributed by atoms with Crippen molar-refractivity contribution in [2.75, 3.05) is 20.6 Å². The Balaban J connectivity index is 2.30. The third kappa shape index (κ3) is 1.10. The summed E-state index contributed by atoms with van der Waals surface area (Å²) < 4.78 is 0. The molecule has 2 heteroatoms. The van der Waals surface area contributed by atoms with Crippen LogP contribution in [0.2, 0.25) is 0 Å². The fourth-order valence-corrected chi connectivity index (χ4v) is 3.98. The maximum Gasteiger partial charge on any atom is 0.0616 e. The van der Waals surface area contributed by atoms with Crippen LogP contribution in [0.25, 0.3) is 0 Å². The molecule has 0 aliphatic heterocycles. The maximum atomic E-state index is 10.2. The molecule has 0 heterocycles. The van der Waals surface area contributed by atoms with Crippen molar-refractivity contribution in [3.63, 3.8) is 0 Å². The molecular weight excluding hydrogens is 174 g/mol. The van der Waals surface area contributed by atoms with Gasteiger partial charge in [-0.3, -0.25) is 0 Å². The Morgan fingerprint density at radius 3 is 2.36 bits per heavy atom. The zero-order valence-corrected chi connectivity index (χ0v) is 9.88. The van der Waals surface area contributed by atoms with E-state index in [1.165, 1.54) is 12.8 Å². The molecule has 14 heavy (non-hydrogen) atoms. The van der Waals surface area contributed by atoms with Gasteiger partial charge in [0.2, 0.25) is 0 Å². The van der Waals surface area contributed by atoms with E-state index in [4.69, 9.17) is 0 Å². The quantitative estimate of drug-likeness (QED) is 0.729. The van der Waals surface area contributed by atoms with Crippen LogP contribution >= 0.6 is 0 Å². The van der Waals surface area contributed by atoms with Crippen LogP contribution in [0, 0.1) is 16.7 Å². The summed E-state index contributed by atoms with van der Waals surface area (Å²) in [5.41, 5.74) is 0.498. The molecule has 0 aromatic heterocycles. The van der Waals surface area contributed by atoms with Crippen LogP contribution in [0.15, 0.2) is 0 Å². The van der Waals surface area contributed by atoms with Crippen LogP contribution in [0.3, 0.4) is 0 Å². The second-order valence-corrected chi connectivity index (χ2v) is 6.10. The van der Waals surface area contributed by atoms with Gasteiger partial charge in [-0.25, -0.2) is 0 Å². The van der Waals surface area contributed by atoms with E-state index < -0.39 is 0 Å². The second kappa shape index (κ2) is 2.96. The molecule has 0 amide bonds. The normalized spacial score (nSPS) is 45.0. The maximum absolute atomic E-state index is 10.2. The molecule has 2 rings (SSSR count). The van der Waals surface area contributed by atoms with Crippen LogP contribution < -0.4 is 0 Å². The van der Waals surface area contributed by atoms with Crippen molar-refractivity contribution in [3.8, 4) is 0 Å². The number of hydrogen-bond acceptors (Lipinski definition) is 2. The molecule has 0 spiro atoms. The average molecular weight is 197 g/mol. The molecule has 2 bridgehead atoms. The first-order valence-corrected chi connectivity index (χ1v) is 5.73. The summed E-state index contributed by atoms with van der Waals surface area (Å²) in [5, 5.41) is 10.2. The van der Waals surface area contributed by atoms with Crippen molar-refractivity contribution in [1.29, 1.82) is 0 Å². The zero-order valence-electron chi connectivity index (χ0n) is 9.88. The molecular formula is C12H23NO. The molecule has 2 aliphatic carbocycles. The molecule has 2 saturated carbocycles. The predicted octanol–water partition coefficient (Wildman–Crippen LogP) is 1.74. The molecule has 1 N–H and O–H groups in total. The third-order valence-corrected chi connectivity index (χ3v) is 4.99. The molecule has 82 valence electrons. The average Bonchev–Trinajstić information content (AvgIpc) is 2.36. The summed E-state index contributed by atoms with van der Waals surface area (Å²) in [6.45, 7) is 5.74. The van der Waals surface area contributed by atoms with E-state index in [0.717, 1.165) is 18.9 Å². The smallest absolute Gasteiger partial charge is 0.0616 e. The lowest BCUT2D eigenvalue weighted by Gasteiger charge is -2.42. The monoisotopic (exact) mass is 197 g/mol. The minimum absolute atomic E-state index is 0.0707. The van der Waals surface area contributed by atoms with E-state index in [0.29, 0.717) is 5.41 Å². The molecule has 0 aromatic rings. The number of nitrogens with zero attached hydrogens (tertiary/aromatic N) is 1. The van der Waals surface area contributed by atoms with E-state index in [-0.39, 0.29) is 11.5 Å². The van der Waals surface area contributed by atoms with E-state index in [2.05, 4.69) is 32.8 Å². The summed E-state index contributed by atoms with van der Waals surface area (Å²) >= 11 is 0. The third-order valence-electron chi connectivity index (χ3n) is 4.99. The lowest BCUT2D eigenvalue weighted by molar-refractivity contribution is -0.0211. The van der Waals surface area contributed by atoms with E-state index in [1.54, 1.807) is 0 Å². The minimum atomic E-state index is -0.0707. The Labute approximate surface area is 87.3 Å². The Kier molecular flexibility index (Phi) is 2.20. The number of aliphatic hydroxyl groups is 1. The van der Waals surface area contributed by atoms with Gasteiger partial charge in [-0.1, -0.05) is 13.8 Å². The minimum Gasteiger partial charge on any atom is -0.392 e. The highest BCUT2D eigenvalue weighted by Gasteiger charge is 2.63. The van der Waals surface area contributed by atoms with Gasteiger partial charge in [0.15, 0.2) is 0 Å². The van der Waals surface area contributed by atoms with Gasteiger partial charge in [0.05, 0.1) is 6.10 Å². The lowest BCUT2D eigenvalue weighted by atomic mass is 9.68. The Bertz CT molecular complexity index is 236. The first-order chi connectivity index (χ1) is 6.40. The Hall–Kier alpha value is -0.0800. The molecule has 0 radical (unpaired) electrons. The standard InChI is InChI=1S/C12H23NO/c1-11(2)9-5-6-12(11,8-13(3)4)10(14)7-9/h9-10,14H,5-8H2,1-4H3. The second-order valence-electron chi connectivity index (χ2n) is 6.10. The number of aliphatic hydroxyl groups excluding tert-OH is 1. The van der Waals surface area contributed by atoms with Gasteiger partial charge in [-0.05, 0) is 44.7 Å². The molecule has 3 unspecified atom stereocenters. The van der Waals surface area contributed by atoms with Crippen molar-refractivity contribution in [2.45, 2.75) is 39.2 Å². The van der Waals surface area contributed by atoms with Gasteiger partial charge in [0.1, 0.15) is 0 Å². The van der Waals surface area contributed by atoms with E-state index in [9.17, 15) is 5.11 Å². The van der Waals surface area contributed by atoms with Crippen LogP contribution in [0.1, 0.15) is 33.1 Å².